The molecule has 1 fully saturated rings. The minimum Gasteiger partial charge on any atom is -0.338 e. The van der Waals surface area contributed by atoms with E-state index in [2.05, 4.69) is 36.8 Å². The van der Waals surface area contributed by atoms with Crippen molar-refractivity contribution in [1.29, 1.82) is 0 Å². The molecule has 0 amide bonds. The summed E-state index contributed by atoms with van der Waals surface area (Å²) in [5.41, 5.74) is 0. The molecule has 0 saturated carbocycles. The van der Waals surface area contributed by atoms with Crippen molar-refractivity contribution in [1.82, 2.24) is 29.6 Å². The Balaban J connectivity index is 1.77. The molecule has 0 radical (unpaired) electrons. The normalized spacial score (nSPS) is 16.4. The van der Waals surface area contributed by atoms with Gasteiger partial charge in [0.2, 0.25) is 11.2 Å². The van der Waals surface area contributed by atoms with Crippen LogP contribution in [0.25, 0.3) is 5.95 Å². The zero-order valence-corrected chi connectivity index (χ0v) is 12.7. The Hall–Kier alpha value is -1.73. The van der Waals surface area contributed by atoms with Crippen molar-refractivity contribution in [3.8, 4) is 5.95 Å². The Morgan fingerprint density at radius 3 is 2.52 bits per heavy atom. The van der Waals surface area contributed by atoms with Gasteiger partial charge in [0.05, 0.1) is 0 Å². The van der Waals surface area contributed by atoms with Crippen molar-refractivity contribution in [2.45, 2.75) is 13.3 Å². The highest BCUT2D eigenvalue weighted by Gasteiger charge is 2.20. The highest BCUT2D eigenvalue weighted by molar-refractivity contribution is 6.28. The van der Waals surface area contributed by atoms with E-state index in [0.717, 1.165) is 32.7 Å². The molecule has 1 aliphatic rings. The van der Waals surface area contributed by atoms with Crippen molar-refractivity contribution in [3.63, 3.8) is 0 Å². The number of aromatic nitrogens is 5. The Bertz CT molecular complexity index is 578. The molecule has 1 aliphatic heterocycles. The van der Waals surface area contributed by atoms with Gasteiger partial charge in [0.15, 0.2) is 0 Å². The van der Waals surface area contributed by atoms with Crippen molar-refractivity contribution in [2.75, 3.05) is 37.6 Å². The van der Waals surface area contributed by atoms with Crippen LogP contribution in [0.15, 0.2) is 18.5 Å². The van der Waals surface area contributed by atoms with E-state index in [1.54, 1.807) is 17.1 Å². The summed E-state index contributed by atoms with van der Waals surface area (Å²) in [7, 11) is 0. The average molecular weight is 308 g/mol. The first-order chi connectivity index (χ1) is 10.3. The van der Waals surface area contributed by atoms with Crippen LogP contribution in [0, 0.1) is 0 Å². The molecular formula is C13H18ClN7. The highest BCUT2D eigenvalue weighted by atomic mass is 35.5. The third kappa shape index (κ3) is 3.30. The van der Waals surface area contributed by atoms with E-state index in [4.69, 9.17) is 11.6 Å². The molecule has 3 rings (SSSR count). The van der Waals surface area contributed by atoms with E-state index in [1.165, 1.54) is 6.42 Å². The Labute approximate surface area is 128 Å². The van der Waals surface area contributed by atoms with Gasteiger partial charge in [-0.2, -0.15) is 20.1 Å². The van der Waals surface area contributed by atoms with Crippen LogP contribution < -0.4 is 4.90 Å². The highest BCUT2D eigenvalue weighted by Crippen LogP contribution is 2.15. The fourth-order valence-corrected chi connectivity index (χ4v) is 2.60. The maximum absolute atomic E-state index is 6.02. The lowest BCUT2D eigenvalue weighted by Gasteiger charge is -2.34. The topological polar surface area (TPSA) is 63.0 Å². The largest absolute Gasteiger partial charge is 0.338 e. The van der Waals surface area contributed by atoms with Crippen molar-refractivity contribution >= 4 is 17.5 Å². The molecule has 8 heteroatoms. The first kappa shape index (κ1) is 14.2. The molecule has 2 aromatic rings. The zero-order chi connectivity index (χ0) is 14.7. The van der Waals surface area contributed by atoms with Gasteiger partial charge >= 0.3 is 0 Å². The first-order valence-corrected chi connectivity index (χ1v) is 7.53. The number of nitrogens with zero attached hydrogens (tertiary/aromatic N) is 7. The van der Waals surface area contributed by atoms with Gasteiger partial charge in [-0.05, 0) is 30.6 Å². The van der Waals surface area contributed by atoms with Crippen molar-refractivity contribution in [3.05, 3.63) is 23.7 Å². The molecule has 112 valence electrons. The molecule has 7 nitrogen and oxygen atoms in total. The van der Waals surface area contributed by atoms with E-state index in [9.17, 15) is 0 Å². The average Bonchev–Trinajstić information content (AvgIpc) is 3.02. The molecule has 0 N–H and O–H groups in total. The maximum Gasteiger partial charge on any atom is 0.256 e. The van der Waals surface area contributed by atoms with Crippen LogP contribution in [0.4, 0.5) is 5.95 Å². The Morgan fingerprint density at radius 1 is 1.10 bits per heavy atom. The summed E-state index contributed by atoms with van der Waals surface area (Å²) in [5.74, 6) is 1.07. The predicted octanol–water partition coefficient (Wildman–Crippen LogP) is 1.24. The molecule has 0 unspecified atom stereocenters. The molecule has 0 bridgehead atoms. The van der Waals surface area contributed by atoms with E-state index in [0.29, 0.717) is 11.9 Å². The summed E-state index contributed by atoms with van der Waals surface area (Å²) in [6, 6.07) is 1.82. The summed E-state index contributed by atoms with van der Waals surface area (Å²) in [4.78, 5) is 17.4. The van der Waals surface area contributed by atoms with Gasteiger partial charge in [-0.25, -0.2) is 4.68 Å². The smallest absolute Gasteiger partial charge is 0.256 e. The minimum atomic E-state index is 0.196. The van der Waals surface area contributed by atoms with Crippen LogP contribution in [0.1, 0.15) is 13.3 Å². The third-order valence-electron chi connectivity index (χ3n) is 3.49. The number of halogens is 1. The van der Waals surface area contributed by atoms with Crippen molar-refractivity contribution < 1.29 is 0 Å². The SMILES string of the molecule is CCCN1CCN(c2nc(Cl)nc(-n3cccn3)n2)CC1. The van der Waals surface area contributed by atoms with Crippen LogP contribution in [0.3, 0.4) is 0 Å². The standard InChI is InChI=1S/C13H18ClN7/c1-2-5-19-7-9-20(10-8-19)12-16-11(14)17-13(18-12)21-6-3-4-15-21/h3-4,6H,2,5,7-10H2,1H3. The second-order valence-corrected chi connectivity index (χ2v) is 5.32. The molecular weight excluding hydrogens is 290 g/mol. The second kappa shape index (κ2) is 6.36. The summed E-state index contributed by atoms with van der Waals surface area (Å²) in [6.45, 7) is 7.19. The minimum absolute atomic E-state index is 0.196. The lowest BCUT2D eigenvalue weighted by Crippen LogP contribution is -2.47. The maximum atomic E-state index is 6.02. The molecule has 0 aliphatic carbocycles. The number of hydrogen-bond acceptors (Lipinski definition) is 6. The van der Waals surface area contributed by atoms with E-state index >= 15 is 0 Å². The Kier molecular flexibility index (Phi) is 4.31. The van der Waals surface area contributed by atoms with Gasteiger partial charge in [0, 0.05) is 38.6 Å². The molecule has 0 atom stereocenters. The monoisotopic (exact) mass is 307 g/mol. The molecule has 3 heterocycles. The van der Waals surface area contributed by atoms with Crippen LogP contribution >= 0.6 is 11.6 Å². The Morgan fingerprint density at radius 2 is 1.86 bits per heavy atom. The van der Waals surface area contributed by atoms with Gasteiger partial charge < -0.3 is 4.90 Å². The van der Waals surface area contributed by atoms with Gasteiger partial charge in [-0.3, -0.25) is 4.90 Å². The van der Waals surface area contributed by atoms with Crippen LogP contribution in [-0.2, 0) is 0 Å². The number of anilines is 1. The summed E-state index contributed by atoms with van der Waals surface area (Å²) < 4.78 is 1.59. The van der Waals surface area contributed by atoms with E-state index < -0.39 is 0 Å². The predicted molar refractivity (Wildman–Crippen MR) is 80.9 cm³/mol. The van der Waals surface area contributed by atoms with E-state index in [1.807, 2.05) is 6.07 Å². The molecule has 0 spiro atoms. The summed E-state index contributed by atoms with van der Waals surface area (Å²) >= 11 is 6.02. The molecule has 1 saturated heterocycles. The zero-order valence-electron chi connectivity index (χ0n) is 12.0. The van der Waals surface area contributed by atoms with Gasteiger partial charge in [-0.1, -0.05) is 6.92 Å². The molecule has 0 aromatic carbocycles. The van der Waals surface area contributed by atoms with Crippen LogP contribution in [0.5, 0.6) is 0 Å². The van der Waals surface area contributed by atoms with Gasteiger partial charge in [0.25, 0.3) is 5.95 Å². The molecule has 2 aromatic heterocycles. The quantitative estimate of drug-likeness (QED) is 0.847. The number of piperazine rings is 1. The lowest BCUT2D eigenvalue weighted by molar-refractivity contribution is 0.257. The fraction of sp³-hybridized carbons (Fsp3) is 0.538. The van der Waals surface area contributed by atoms with Gasteiger partial charge in [0.1, 0.15) is 0 Å². The third-order valence-corrected chi connectivity index (χ3v) is 3.66. The van der Waals surface area contributed by atoms with Gasteiger partial charge in [-0.15, -0.1) is 0 Å². The van der Waals surface area contributed by atoms with E-state index in [-0.39, 0.29) is 5.28 Å². The summed E-state index contributed by atoms with van der Waals surface area (Å²) in [6.07, 6.45) is 4.65. The second-order valence-electron chi connectivity index (χ2n) is 4.98. The lowest BCUT2D eigenvalue weighted by atomic mass is 10.3. The molecule has 21 heavy (non-hydrogen) atoms. The van der Waals surface area contributed by atoms with Crippen LogP contribution in [-0.4, -0.2) is 62.4 Å². The fourth-order valence-electron chi connectivity index (χ4n) is 2.45. The van der Waals surface area contributed by atoms with Crippen LogP contribution in [0.2, 0.25) is 5.28 Å². The summed E-state index contributed by atoms with van der Waals surface area (Å²) in [5, 5.41) is 4.32. The number of rotatable bonds is 4. The van der Waals surface area contributed by atoms with Crippen molar-refractivity contribution in [2.24, 2.45) is 0 Å². The number of hydrogen-bond donors (Lipinski definition) is 0. The first-order valence-electron chi connectivity index (χ1n) is 7.15.